The number of rotatable bonds is 6. The minimum Gasteiger partial charge on any atom is -0.481 e. The Morgan fingerprint density at radius 3 is 2.65 bits per heavy atom. The summed E-state index contributed by atoms with van der Waals surface area (Å²) in [5, 5.41) is 9.10. The summed E-state index contributed by atoms with van der Waals surface area (Å²) in [7, 11) is 0. The lowest BCUT2D eigenvalue weighted by molar-refractivity contribution is -0.138. The quantitative estimate of drug-likeness (QED) is 0.860. The molecule has 1 aliphatic heterocycles. The van der Waals surface area contributed by atoms with Crippen LogP contribution in [0.5, 0.6) is 0 Å². The minimum atomic E-state index is -0.682. The highest BCUT2D eigenvalue weighted by Gasteiger charge is 2.32. The van der Waals surface area contributed by atoms with Crippen molar-refractivity contribution < 1.29 is 9.90 Å². The van der Waals surface area contributed by atoms with E-state index in [2.05, 4.69) is 43.0 Å². The van der Waals surface area contributed by atoms with E-state index in [0.29, 0.717) is 12.0 Å². The monoisotopic (exact) mass is 275 g/mol. The van der Waals surface area contributed by atoms with E-state index in [1.807, 2.05) is 6.07 Å². The summed E-state index contributed by atoms with van der Waals surface area (Å²) in [4.78, 5) is 13.5. The fraction of sp³-hybridized carbons (Fsp3) is 0.588. The van der Waals surface area contributed by atoms with Crippen LogP contribution in [-0.4, -0.2) is 28.6 Å². The number of aliphatic carboxylic acids is 1. The van der Waals surface area contributed by atoms with Crippen LogP contribution in [0.3, 0.4) is 0 Å². The second-order valence-electron chi connectivity index (χ2n) is 6.19. The van der Waals surface area contributed by atoms with Crippen LogP contribution in [0.15, 0.2) is 30.3 Å². The zero-order valence-corrected chi connectivity index (χ0v) is 12.5. The number of carboxylic acid groups (broad SMARTS) is 1. The second kappa shape index (κ2) is 6.89. The van der Waals surface area contributed by atoms with E-state index in [4.69, 9.17) is 5.11 Å². The maximum atomic E-state index is 11.1. The van der Waals surface area contributed by atoms with Crippen LogP contribution >= 0.6 is 0 Å². The van der Waals surface area contributed by atoms with Crippen LogP contribution in [0.4, 0.5) is 0 Å². The second-order valence-corrected chi connectivity index (χ2v) is 6.19. The van der Waals surface area contributed by atoms with Crippen molar-refractivity contribution in [2.75, 3.05) is 6.54 Å². The molecular weight excluding hydrogens is 250 g/mol. The molecule has 2 unspecified atom stereocenters. The number of likely N-dealkylation sites (tertiary alicyclic amines) is 1. The molecule has 2 rings (SSSR count). The molecule has 1 aromatic carbocycles. The first-order valence-corrected chi connectivity index (χ1v) is 7.60. The van der Waals surface area contributed by atoms with Gasteiger partial charge in [-0.25, -0.2) is 0 Å². The van der Waals surface area contributed by atoms with Gasteiger partial charge in [-0.15, -0.1) is 0 Å². The summed E-state index contributed by atoms with van der Waals surface area (Å²) in [6, 6.07) is 11.1. The average Bonchev–Trinajstić information content (AvgIpc) is 2.84. The third-order valence-corrected chi connectivity index (χ3v) is 4.11. The van der Waals surface area contributed by atoms with Gasteiger partial charge in [0.1, 0.15) is 0 Å². The molecule has 3 nitrogen and oxygen atoms in total. The Morgan fingerprint density at radius 1 is 1.35 bits per heavy atom. The molecule has 2 atom stereocenters. The molecule has 1 saturated heterocycles. The van der Waals surface area contributed by atoms with Crippen LogP contribution in [0.1, 0.15) is 51.1 Å². The number of carbonyl (C=O) groups is 1. The van der Waals surface area contributed by atoms with Crippen LogP contribution < -0.4 is 0 Å². The van der Waals surface area contributed by atoms with Gasteiger partial charge in [0, 0.05) is 12.1 Å². The minimum absolute atomic E-state index is 0.191. The van der Waals surface area contributed by atoms with Crippen molar-refractivity contribution in [2.24, 2.45) is 5.92 Å². The molecule has 1 N–H and O–H groups in total. The zero-order chi connectivity index (χ0) is 14.5. The van der Waals surface area contributed by atoms with Crippen molar-refractivity contribution in [2.45, 2.75) is 51.6 Å². The summed E-state index contributed by atoms with van der Waals surface area (Å²) in [6.45, 7) is 5.49. The Bertz CT molecular complexity index is 430. The highest BCUT2D eigenvalue weighted by atomic mass is 16.4. The lowest BCUT2D eigenvalue weighted by Crippen LogP contribution is -2.35. The molecule has 0 bridgehead atoms. The van der Waals surface area contributed by atoms with Gasteiger partial charge in [-0.05, 0) is 37.3 Å². The first-order valence-electron chi connectivity index (χ1n) is 7.60. The van der Waals surface area contributed by atoms with E-state index >= 15 is 0 Å². The first kappa shape index (κ1) is 15.0. The van der Waals surface area contributed by atoms with E-state index < -0.39 is 5.97 Å². The van der Waals surface area contributed by atoms with Crippen molar-refractivity contribution >= 4 is 5.97 Å². The van der Waals surface area contributed by atoms with Crippen LogP contribution in [-0.2, 0) is 4.79 Å². The number of hydrogen-bond acceptors (Lipinski definition) is 2. The Labute approximate surface area is 121 Å². The number of carboxylic acids is 1. The van der Waals surface area contributed by atoms with E-state index in [1.54, 1.807) is 0 Å². The smallest absolute Gasteiger partial charge is 0.304 e. The van der Waals surface area contributed by atoms with Gasteiger partial charge in [0.2, 0.25) is 0 Å². The predicted octanol–water partition coefficient (Wildman–Crippen LogP) is 3.71. The summed E-state index contributed by atoms with van der Waals surface area (Å²) >= 11 is 0. The Morgan fingerprint density at radius 2 is 2.05 bits per heavy atom. The zero-order valence-electron chi connectivity index (χ0n) is 12.5. The Kier molecular flexibility index (Phi) is 5.18. The maximum Gasteiger partial charge on any atom is 0.304 e. The molecule has 1 aromatic rings. The van der Waals surface area contributed by atoms with Gasteiger partial charge in [0.25, 0.3) is 0 Å². The Hall–Kier alpha value is -1.35. The highest BCUT2D eigenvalue weighted by molar-refractivity contribution is 5.67. The molecule has 0 saturated carbocycles. The lowest BCUT2D eigenvalue weighted by Gasteiger charge is -2.34. The van der Waals surface area contributed by atoms with Crippen molar-refractivity contribution in [1.29, 1.82) is 0 Å². The fourth-order valence-corrected chi connectivity index (χ4v) is 3.27. The molecule has 0 aliphatic carbocycles. The molecule has 0 aromatic heterocycles. The van der Waals surface area contributed by atoms with Gasteiger partial charge >= 0.3 is 5.97 Å². The molecule has 0 amide bonds. The summed E-state index contributed by atoms with van der Waals surface area (Å²) in [6.07, 6.45) is 3.47. The van der Waals surface area contributed by atoms with Crippen molar-refractivity contribution in [1.82, 2.24) is 4.90 Å². The van der Waals surface area contributed by atoms with Crippen LogP contribution in [0.2, 0.25) is 0 Å². The predicted molar refractivity (Wildman–Crippen MR) is 80.6 cm³/mol. The normalized spacial score (nSPS) is 21.2. The standard InChI is InChI=1S/C17H25NO2/c1-13(2)11-16(14-7-4-3-5-8-14)18-10-6-9-15(18)12-17(19)20/h3-5,7-8,13,15-16H,6,9-12H2,1-2H3,(H,19,20). The topological polar surface area (TPSA) is 40.5 Å². The summed E-state index contributed by atoms with van der Waals surface area (Å²) < 4.78 is 0. The molecule has 110 valence electrons. The average molecular weight is 275 g/mol. The fourth-order valence-electron chi connectivity index (χ4n) is 3.27. The number of nitrogens with zero attached hydrogens (tertiary/aromatic N) is 1. The van der Waals surface area contributed by atoms with Gasteiger partial charge < -0.3 is 5.11 Å². The largest absolute Gasteiger partial charge is 0.481 e. The molecule has 1 heterocycles. The Balaban J connectivity index is 2.19. The number of benzene rings is 1. The third kappa shape index (κ3) is 3.83. The van der Waals surface area contributed by atoms with Gasteiger partial charge in [-0.1, -0.05) is 44.2 Å². The van der Waals surface area contributed by atoms with Gasteiger partial charge in [-0.3, -0.25) is 9.69 Å². The molecule has 0 spiro atoms. The molecule has 1 fully saturated rings. The van der Waals surface area contributed by atoms with Crippen molar-refractivity contribution in [3.63, 3.8) is 0 Å². The number of hydrogen-bond donors (Lipinski definition) is 1. The highest BCUT2D eigenvalue weighted by Crippen LogP contribution is 2.35. The van der Waals surface area contributed by atoms with Crippen LogP contribution in [0.25, 0.3) is 0 Å². The molecular formula is C17H25NO2. The third-order valence-electron chi connectivity index (χ3n) is 4.11. The summed E-state index contributed by atoms with van der Waals surface area (Å²) in [5.74, 6) is -0.0791. The van der Waals surface area contributed by atoms with Crippen molar-refractivity contribution in [3.05, 3.63) is 35.9 Å². The molecule has 0 radical (unpaired) electrons. The lowest BCUT2D eigenvalue weighted by atomic mass is 9.94. The van der Waals surface area contributed by atoms with Crippen molar-refractivity contribution in [3.8, 4) is 0 Å². The SMILES string of the molecule is CC(C)CC(c1ccccc1)N1CCCC1CC(=O)O. The molecule has 20 heavy (non-hydrogen) atoms. The van der Waals surface area contributed by atoms with E-state index in [-0.39, 0.29) is 12.5 Å². The van der Waals surface area contributed by atoms with E-state index in [1.165, 1.54) is 5.56 Å². The van der Waals surface area contributed by atoms with Crippen LogP contribution in [0, 0.1) is 5.92 Å². The first-order chi connectivity index (χ1) is 9.58. The molecule has 3 heteroatoms. The van der Waals surface area contributed by atoms with E-state index in [0.717, 1.165) is 25.8 Å². The molecule has 1 aliphatic rings. The van der Waals surface area contributed by atoms with Gasteiger partial charge in [-0.2, -0.15) is 0 Å². The van der Waals surface area contributed by atoms with Gasteiger partial charge in [0.05, 0.1) is 6.42 Å². The summed E-state index contributed by atoms with van der Waals surface area (Å²) in [5.41, 5.74) is 1.32. The van der Waals surface area contributed by atoms with Gasteiger partial charge in [0.15, 0.2) is 0 Å². The van der Waals surface area contributed by atoms with E-state index in [9.17, 15) is 4.79 Å². The maximum absolute atomic E-state index is 11.1.